The highest BCUT2D eigenvalue weighted by atomic mass is 35.5. The zero-order valence-electron chi connectivity index (χ0n) is 14.5. The van der Waals surface area contributed by atoms with Crippen molar-refractivity contribution in [2.24, 2.45) is 10.1 Å². The molecule has 0 saturated heterocycles. The molecule has 1 N–H and O–H groups in total. The maximum atomic E-state index is 11.9. The number of hydrazone groups is 1. The highest BCUT2D eigenvalue weighted by Gasteiger charge is 2.39. The standard InChI is InChI=1S/C20H18ClN3O2S/c21-15-8-6-14(7-9-15)17-12-16(13-4-2-1-3-5-13)23-24(17)19-18(10-11-25)27-20(26)22-19/h1-9,17-18,25H,10-12H2/t17-,18+/m1/s1. The molecular formula is C20H18ClN3O2S. The van der Waals surface area contributed by atoms with Crippen molar-refractivity contribution in [1.29, 1.82) is 0 Å². The molecular weight excluding hydrogens is 382 g/mol. The molecule has 2 aromatic rings. The third-order valence-electron chi connectivity index (χ3n) is 4.64. The zero-order valence-corrected chi connectivity index (χ0v) is 16.0. The van der Waals surface area contributed by atoms with Crippen molar-refractivity contribution in [1.82, 2.24) is 5.01 Å². The SMILES string of the molecule is O=C1N=C(N2N=C(c3ccccc3)C[C@@H]2c2ccc(Cl)cc2)[C@H](CCO)S1. The number of aliphatic imine (C=N–C) groups is 1. The Morgan fingerprint density at radius 2 is 1.89 bits per heavy atom. The third kappa shape index (κ3) is 3.78. The third-order valence-corrected chi connectivity index (χ3v) is 5.91. The van der Waals surface area contributed by atoms with Crippen LogP contribution in [-0.2, 0) is 0 Å². The number of benzene rings is 2. The Labute approximate surface area is 166 Å². The van der Waals surface area contributed by atoms with Crippen LogP contribution in [0.4, 0.5) is 4.79 Å². The van der Waals surface area contributed by atoms with Crippen LogP contribution in [0.5, 0.6) is 0 Å². The van der Waals surface area contributed by atoms with Crippen LogP contribution in [0.1, 0.15) is 30.0 Å². The smallest absolute Gasteiger partial charge is 0.307 e. The van der Waals surface area contributed by atoms with Crippen molar-refractivity contribution in [3.05, 3.63) is 70.7 Å². The second kappa shape index (κ2) is 7.84. The van der Waals surface area contributed by atoms with Gasteiger partial charge in [-0.2, -0.15) is 10.1 Å². The summed E-state index contributed by atoms with van der Waals surface area (Å²) in [4.78, 5) is 16.2. The molecule has 5 nitrogen and oxygen atoms in total. The van der Waals surface area contributed by atoms with Gasteiger partial charge < -0.3 is 5.11 Å². The van der Waals surface area contributed by atoms with Gasteiger partial charge in [0, 0.05) is 18.1 Å². The molecule has 0 spiro atoms. The Kier molecular flexibility index (Phi) is 5.29. The van der Waals surface area contributed by atoms with Crippen LogP contribution in [0.25, 0.3) is 0 Å². The van der Waals surface area contributed by atoms with Crippen LogP contribution in [0.3, 0.4) is 0 Å². The van der Waals surface area contributed by atoms with E-state index in [-0.39, 0.29) is 23.1 Å². The predicted octanol–water partition coefficient (Wildman–Crippen LogP) is 4.51. The Morgan fingerprint density at radius 3 is 2.59 bits per heavy atom. The fourth-order valence-corrected chi connectivity index (χ4v) is 4.35. The first kappa shape index (κ1) is 18.2. The van der Waals surface area contributed by atoms with Gasteiger partial charge in [0.1, 0.15) is 5.84 Å². The number of amidine groups is 1. The molecule has 2 aliphatic heterocycles. The summed E-state index contributed by atoms with van der Waals surface area (Å²) in [5.74, 6) is 0.616. The molecule has 0 aromatic heterocycles. The summed E-state index contributed by atoms with van der Waals surface area (Å²) >= 11 is 7.20. The first-order valence-electron chi connectivity index (χ1n) is 8.73. The molecule has 1 amide bonds. The number of rotatable bonds is 4. The Bertz CT molecular complexity index is 899. The van der Waals surface area contributed by atoms with E-state index in [0.29, 0.717) is 23.7 Å². The van der Waals surface area contributed by atoms with Crippen LogP contribution >= 0.6 is 23.4 Å². The van der Waals surface area contributed by atoms with E-state index in [4.69, 9.17) is 16.7 Å². The Morgan fingerprint density at radius 1 is 1.15 bits per heavy atom. The highest BCUT2D eigenvalue weighted by molar-refractivity contribution is 8.15. The number of thioether (sulfide) groups is 1. The molecule has 2 aliphatic rings. The monoisotopic (exact) mass is 399 g/mol. The summed E-state index contributed by atoms with van der Waals surface area (Å²) in [6.07, 6.45) is 1.17. The minimum atomic E-state index is -0.235. The van der Waals surface area contributed by atoms with Gasteiger partial charge >= 0.3 is 5.24 Å². The summed E-state index contributed by atoms with van der Waals surface area (Å²) in [5.41, 5.74) is 3.06. The van der Waals surface area contributed by atoms with Crippen LogP contribution in [0, 0.1) is 0 Å². The Hall–Kier alpha value is -2.15. The molecule has 27 heavy (non-hydrogen) atoms. The van der Waals surface area contributed by atoms with Gasteiger partial charge in [-0.1, -0.05) is 65.8 Å². The van der Waals surface area contributed by atoms with Gasteiger partial charge in [-0.25, -0.2) is 5.01 Å². The number of carbonyl (C=O) groups excluding carboxylic acids is 1. The summed E-state index contributed by atoms with van der Waals surface area (Å²) in [5, 5.41) is 16.3. The van der Waals surface area contributed by atoms with Crippen molar-refractivity contribution < 1.29 is 9.90 Å². The average molecular weight is 400 g/mol. The first-order chi connectivity index (χ1) is 13.2. The van der Waals surface area contributed by atoms with Crippen LogP contribution in [0.2, 0.25) is 5.02 Å². The fourth-order valence-electron chi connectivity index (χ4n) is 3.34. The van der Waals surface area contributed by atoms with Gasteiger partial charge in [-0.3, -0.25) is 4.79 Å². The van der Waals surface area contributed by atoms with Crippen molar-refractivity contribution in [2.45, 2.75) is 24.1 Å². The quantitative estimate of drug-likeness (QED) is 0.821. The lowest BCUT2D eigenvalue weighted by atomic mass is 9.98. The number of amides is 1. The van der Waals surface area contributed by atoms with E-state index in [1.165, 1.54) is 0 Å². The lowest BCUT2D eigenvalue weighted by molar-refractivity contribution is 0.267. The van der Waals surface area contributed by atoms with Crippen molar-refractivity contribution in [3.63, 3.8) is 0 Å². The minimum Gasteiger partial charge on any atom is -0.396 e. The lowest BCUT2D eigenvalue weighted by Gasteiger charge is -2.26. The first-order valence-corrected chi connectivity index (χ1v) is 9.99. The summed E-state index contributed by atoms with van der Waals surface area (Å²) in [7, 11) is 0. The molecule has 0 unspecified atom stereocenters. The number of hydrogen-bond donors (Lipinski definition) is 1. The topological polar surface area (TPSA) is 65.3 Å². The number of aliphatic hydroxyl groups is 1. The molecule has 0 radical (unpaired) electrons. The van der Waals surface area contributed by atoms with E-state index in [1.807, 2.05) is 59.6 Å². The molecule has 2 aromatic carbocycles. The average Bonchev–Trinajstić information content (AvgIpc) is 3.27. The summed E-state index contributed by atoms with van der Waals surface area (Å²) in [6, 6.07) is 17.6. The molecule has 4 rings (SSSR count). The maximum Gasteiger partial charge on any atom is 0.307 e. The number of halogens is 1. The summed E-state index contributed by atoms with van der Waals surface area (Å²) < 4.78 is 0. The fraction of sp³-hybridized carbons (Fsp3) is 0.250. The molecule has 7 heteroatoms. The van der Waals surface area contributed by atoms with E-state index in [1.54, 1.807) is 0 Å². The number of hydrogen-bond acceptors (Lipinski definition) is 5. The number of carbonyl (C=O) groups is 1. The molecule has 0 fully saturated rings. The second-order valence-corrected chi connectivity index (χ2v) is 7.97. The normalized spacial score (nSPS) is 22.1. The van der Waals surface area contributed by atoms with Crippen LogP contribution < -0.4 is 0 Å². The lowest BCUT2D eigenvalue weighted by Crippen LogP contribution is -2.33. The van der Waals surface area contributed by atoms with E-state index in [0.717, 1.165) is 28.6 Å². The molecule has 2 heterocycles. The maximum absolute atomic E-state index is 11.9. The minimum absolute atomic E-state index is 0.00131. The molecule has 138 valence electrons. The number of aliphatic hydroxyl groups excluding tert-OH is 1. The van der Waals surface area contributed by atoms with Gasteiger partial charge in [0.15, 0.2) is 0 Å². The van der Waals surface area contributed by atoms with E-state index < -0.39 is 0 Å². The summed E-state index contributed by atoms with van der Waals surface area (Å²) in [6.45, 7) is -0.00131. The molecule has 0 aliphatic carbocycles. The zero-order chi connectivity index (χ0) is 18.8. The van der Waals surface area contributed by atoms with Crippen molar-refractivity contribution >= 4 is 40.1 Å². The van der Waals surface area contributed by atoms with Crippen LogP contribution in [0.15, 0.2) is 64.7 Å². The highest BCUT2D eigenvalue weighted by Crippen LogP contribution is 2.38. The molecule has 0 bridgehead atoms. The predicted molar refractivity (Wildman–Crippen MR) is 110 cm³/mol. The number of nitrogens with zero attached hydrogens (tertiary/aromatic N) is 3. The van der Waals surface area contributed by atoms with E-state index >= 15 is 0 Å². The largest absolute Gasteiger partial charge is 0.396 e. The van der Waals surface area contributed by atoms with Gasteiger partial charge in [0.25, 0.3) is 0 Å². The molecule has 2 atom stereocenters. The van der Waals surface area contributed by atoms with Gasteiger partial charge in [0.05, 0.1) is 17.0 Å². The van der Waals surface area contributed by atoms with E-state index in [9.17, 15) is 9.90 Å². The van der Waals surface area contributed by atoms with Gasteiger partial charge in [-0.15, -0.1) is 0 Å². The van der Waals surface area contributed by atoms with Crippen molar-refractivity contribution in [3.8, 4) is 0 Å². The Balaban J connectivity index is 1.73. The van der Waals surface area contributed by atoms with Crippen LogP contribution in [-0.4, -0.2) is 38.8 Å². The van der Waals surface area contributed by atoms with Gasteiger partial charge in [0.2, 0.25) is 0 Å². The molecule has 0 saturated carbocycles. The van der Waals surface area contributed by atoms with E-state index in [2.05, 4.69) is 4.99 Å². The van der Waals surface area contributed by atoms with Gasteiger partial charge in [-0.05, 0) is 29.7 Å². The second-order valence-electron chi connectivity index (χ2n) is 6.38. The van der Waals surface area contributed by atoms with Crippen molar-refractivity contribution in [2.75, 3.05) is 6.61 Å².